The van der Waals surface area contributed by atoms with E-state index >= 15 is 0 Å². The molecule has 0 unspecified atom stereocenters. The van der Waals surface area contributed by atoms with E-state index < -0.39 is 0 Å². The molecule has 0 aromatic heterocycles. The quantitative estimate of drug-likeness (QED) is 0.443. The Balaban J connectivity index is 2.62. The second-order valence-electron chi connectivity index (χ2n) is 6.63. The molecule has 2 aromatic rings. The van der Waals surface area contributed by atoms with E-state index in [1.165, 1.54) is 22.3 Å². The number of nitrogens with zero attached hydrogens (tertiary/aromatic N) is 2. The van der Waals surface area contributed by atoms with E-state index in [2.05, 4.69) is 77.9 Å². The van der Waals surface area contributed by atoms with Crippen LogP contribution < -0.4 is 0 Å². The first-order valence-corrected chi connectivity index (χ1v) is 9.28. The fourth-order valence-electron chi connectivity index (χ4n) is 3.08. The molecule has 0 saturated carbocycles. The zero-order valence-corrected chi connectivity index (χ0v) is 17.1. The summed E-state index contributed by atoms with van der Waals surface area (Å²) >= 11 is 5.47. The summed E-state index contributed by atoms with van der Waals surface area (Å²) in [4.78, 5) is 4.96. The van der Waals surface area contributed by atoms with Gasteiger partial charge in [0.15, 0.2) is 0 Å². The summed E-state index contributed by atoms with van der Waals surface area (Å²) in [5.41, 5.74) is 9.13. The first-order valence-electron chi connectivity index (χ1n) is 8.83. The summed E-state index contributed by atoms with van der Waals surface area (Å²) in [5.74, 6) is 0. The Kier molecular flexibility index (Phi) is 6.73. The average Bonchev–Trinajstić information content (AvgIpc) is 2.55. The predicted molar refractivity (Wildman–Crippen MR) is 104 cm³/mol. The zero-order chi connectivity index (χ0) is 18.6. The van der Waals surface area contributed by atoms with Gasteiger partial charge < -0.3 is 0 Å². The van der Waals surface area contributed by atoms with Gasteiger partial charge in [-0.3, -0.25) is 0 Å². The maximum atomic E-state index is 5.47. The van der Waals surface area contributed by atoms with E-state index in [1.54, 1.807) is 0 Å². The van der Waals surface area contributed by atoms with Gasteiger partial charge in [0.05, 0.1) is 0 Å². The van der Waals surface area contributed by atoms with Gasteiger partial charge in [0.25, 0.3) is 0 Å². The molecular weight excluding hydrogens is 351 g/mol. The normalized spacial score (nSPS) is 13.0. The van der Waals surface area contributed by atoms with Crippen LogP contribution in [0, 0.1) is 27.7 Å². The average molecular weight is 379 g/mol. The van der Waals surface area contributed by atoms with Gasteiger partial charge in [-0.2, -0.15) is 0 Å². The molecule has 2 nitrogen and oxygen atoms in total. The van der Waals surface area contributed by atoms with Crippen molar-refractivity contribution < 1.29 is 19.3 Å². The summed E-state index contributed by atoms with van der Waals surface area (Å²) < 4.78 is 1.96. The molecule has 0 atom stereocenters. The van der Waals surface area contributed by atoms with Gasteiger partial charge in [-0.1, -0.05) is 0 Å². The second kappa shape index (κ2) is 8.58. The standard InChI is InChI=1S/C22H28N2.Ni/c1-7-10-20(24-22-17(4)13-9-14-18(22)5)19(6)23-21-15(2)11-8-12-16(21)3;/h8-9,11-14H,7,10H2,1-6H3;/q;+3. The van der Waals surface area contributed by atoms with Crippen molar-refractivity contribution in [1.29, 1.82) is 0 Å². The topological polar surface area (TPSA) is 15.4 Å². The molecule has 0 amide bonds. The van der Waals surface area contributed by atoms with Crippen molar-refractivity contribution in [2.75, 3.05) is 0 Å². The molecule has 133 valence electrons. The van der Waals surface area contributed by atoms with E-state index in [0.29, 0.717) is 0 Å². The number of aliphatic imine (C=N–C) groups is 1. The molecule has 0 radical (unpaired) electrons. The van der Waals surface area contributed by atoms with Crippen molar-refractivity contribution in [3.63, 3.8) is 0 Å². The zero-order valence-electron chi connectivity index (χ0n) is 16.1. The van der Waals surface area contributed by atoms with Gasteiger partial charge in [-0.05, 0) is 0 Å². The monoisotopic (exact) mass is 378 g/mol. The maximum absolute atomic E-state index is 5.47. The summed E-state index contributed by atoms with van der Waals surface area (Å²) in [7, 11) is 0. The van der Waals surface area contributed by atoms with Crippen LogP contribution in [-0.4, -0.2) is 15.1 Å². The summed E-state index contributed by atoms with van der Waals surface area (Å²) in [6.45, 7) is 12.7. The number of benzene rings is 2. The molecule has 2 aromatic carbocycles. The molecule has 25 heavy (non-hydrogen) atoms. The van der Waals surface area contributed by atoms with Crippen LogP contribution in [0.3, 0.4) is 0 Å². The molecule has 3 heteroatoms. The van der Waals surface area contributed by atoms with Gasteiger partial charge in [0.2, 0.25) is 0 Å². The van der Waals surface area contributed by atoms with Gasteiger partial charge in [0.1, 0.15) is 0 Å². The summed E-state index contributed by atoms with van der Waals surface area (Å²) in [6, 6.07) is 12.6. The van der Waals surface area contributed by atoms with E-state index in [1.807, 2.05) is 3.66 Å². The Morgan fingerprint density at radius 3 is 1.88 bits per heavy atom. The first-order chi connectivity index (χ1) is 11.9. The Morgan fingerprint density at radius 1 is 0.920 bits per heavy atom. The number of hydrogen-bond acceptors (Lipinski definition) is 1. The Morgan fingerprint density at radius 2 is 1.40 bits per heavy atom. The Bertz CT molecular complexity index is 791. The number of rotatable bonds is 5. The van der Waals surface area contributed by atoms with Crippen LogP contribution in [0.25, 0.3) is 0 Å². The van der Waals surface area contributed by atoms with Crippen LogP contribution in [0.15, 0.2) is 41.4 Å². The van der Waals surface area contributed by atoms with Crippen LogP contribution in [0.4, 0.5) is 11.4 Å². The Labute approximate surface area is 160 Å². The van der Waals surface area contributed by atoms with Crippen molar-refractivity contribution in [2.24, 2.45) is 4.99 Å². The van der Waals surface area contributed by atoms with Crippen molar-refractivity contribution in [3.8, 4) is 0 Å². The number of para-hydroxylation sites is 2. The minimum atomic E-state index is 0.925. The molecule has 0 spiro atoms. The molecule has 0 bridgehead atoms. The van der Waals surface area contributed by atoms with Crippen molar-refractivity contribution in [3.05, 3.63) is 58.7 Å². The third-order valence-corrected chi connectivity index (χ3v) is 4.95. The molecular formula is C22H28N2Ni+3. The van der Waals surface area contributed by atoms with Crippen LogP contribution in [0.1, 0.15) is 48.9 Å². The van der Waals surface area contributed by atoms with Crippen molar-refractivity contribution in [1.82, 2.24) is 0 Å². The second-order valence-corrected chi connectivity index (χ2v) is 7.07. The molecule has 0 aliphatic heterocycles. The van der Waals surface area contributed by atoms with Gasteiger partial charge >= 0.3 is 160 Å². The van der Waals surface area contributed by atoms with Crippen LogP contribution in [0.5, 0.6) is 0 Å². The molecule has 0 saturated heterocycles. The summed E-state index contributed by atoms with van der Waals surface area (Å²) in [6.07, 6.45) is 1.97. The van der Waals surface area contributed by atoms with Crippen molar-refractivity contribution >= 4 is 22.8 Å². The molecule has 0 aliphatic carbocycles. The van der Waals surface area contributed by atoms with Gasteiger partial charge in [-0.25, -0.2) is 0 Å². The van der Waals surface area contributed by atoms with E-state index in [4.69, 9.17) is 20.7 Å². The molecule has 0 aliphatic rings. The molecule has 0 N–H and O–H groups in total. The first kappa shape index (κ1) is 19.6. The fraction of sp³-hybridized carbons (Fsp3) is 0.364. The van der Waals surface area contributed by atoms with E-state index in [-0.39, 0.29) is 0 Å². The minimum absolute atomic E-state index is 0.925. The number of aryl methyl sites for hydroxylation is 4. The van der Waals surface area contributed by atoms with Gasteiger partial charge in [-0.15, -0.1) is 0 Å². The van der Waals surface area contributed by atoms with E-state index in [0.717, 1.165) is 35.6 Å². The van der Waals surface area contributed by atoms with E-state index in [9.17, 15) is 0 Å². The van der Waals surface area contributed by atoms with Gasteiger partial charge in [0, 0.05) is 0 Å². The predicted octanol–water partition coefficient (Wildman–Crippen LogP) is 6.06. The van der Waals surface area contributed by atoms with Crippen LogP contribution >= 0.6 is 0 Å². The molecule has 2 rings (SSSR count). The van der Waals surface area contributed by atoms with Crippen molar-refractivity contribution in [2.45, 2.75) is 54.4 Å². The Hall–Kier alpha value is -1.73. The van der Waals surface area contributed by atoms with Crippen LogP contribution in [0.2, 0.25) is 0 Å². The fourth-order valence-corrected chi connectivity index (χ4v) is 3.70. The van der Waals surface area contributed by atoms with Crippen LogP contribution in [-0.2, 0) is 15.7 Å². The SMILES string of the molecule is CCCC(C(C)=Nc1c(C)cccc1C)=[N+]([Ni+2])c1c(C)cccc1C. The molecule has 0 fully saturated rings. The third-order valence-electron chi connectivity index (χ3n) is 4.47. The summed E-state index contributed by atoms with van der Waals surface area (Å²) in [5, 5.41) is 0. The third kappa shape index (κ3) is 4.47. The molecule has 0 heterocycles. The number of hydrogen-bond donors (Lipinski definition) is 0.